The highest BCUT2D eigenvalue weighted by Crippen LogP contribution is 2.33. The van der Waals surface area contributed by atoms with Gasteiger partial charge in [0.05, 0.1) is 10.6 Å². The molecule has 0 saturated carbocycles. The Balaban J connectivity index is 2.09. The van der Waals surface area contributed by atoms with Crippen LogP contribution in [0.25, 0.3) is 0 Å². The minimum Gasteiger partial charge on any atom is -0.352 e. The molecule has 21 heavy (non-hydrogen) atoms. The van der Waals surface area contributed by atoms with E-state index in [1.54, 1.807) is 16.8 Å². The lowest BCUT2D eigenvalue weighted by atomic mass is 10.2. The number of rotatable bonds is 1. The summed E-state index contributed by atoms with van der Waals surface area (Å²) >= 11 is 5.90. The molecule has 1 aromatic rings. The number of piperazine rings is 1. The molecule has 2 rings (SSSR count). The molecule has 5 nitrogen and oxygen atoms in total. The average Bonchev–Trinajstić information content (AvgIpc) is 2.45. The lowest BCUT2D eigenvalue weighted by molar-refractivity contribution is -0.137. The van der Waals surface area contributed by atoms with Crippen LogP contribution >= 0.6 is 11.6 Å². The monoisotopic (exact) mass is 322 g/mol. The molecule has 0 atom stereocenters. The summed E-state index contributed by atoms with van der Waals surface area (Å²) in [6.07, 6.45) is -3.70. The van der Waals surface area contributed by atoms with E-state index >= 15 is 0 Å². The number of hydrogen-bond donors (Lipinski definition) is 1. The van der Waals surface area contributed by atoms with Gasteiger partial charge in [-0.3, -0.25) is 0 Å². The van der Waals surface area contributed by atoms with Crippen molar-refractivity contribution in [2.24, 2.45) is 0 Å². The van der Waals surface area contributed by atoms with Crippen molar-refractivity contribution in [3.63, 3.8) is 0 Å². The van der Waals surface area contributed by atoms with Gasteiger partial charge in [-0.1, -0.05) is 11.6 Å². The zero-order valence-electron chi connectivity index (χ0n) is 11.2. The number of pyridine rings is 1. The Labute approximate surface area is 124 Å². The van der Waals surface area contributed by atoms with Crippen LogP contribution in [0.3, 0.4) is 0 Å². The predicted octanol–water partition coefficient (Wildman–Crippen LogP) is 2.22. The van der Waals surface area contributed by atoms with Crippen molar-refractivity contribution in [1.29, 1.82) is 0 Å². The smallest absolute Gasteiger partial charge is 0.352 e. The normalized spacial score (nSPS) is 16.0. The third kappa shape index (κ3) is 3.49. The molecule has 0 aromatic carbocycles. The van der Waals surface area contributed by atoms with Crippen LogP contribution in [0, 0.1) is 0 Å². The Kier molecular flexibility index (Phi) is 4.46. The van der Waals surface area contributed by atoms with E-state index in [0.29, 0.717) is 32.0 Å². The first kappa shape index (κ1) is 15.7. The molecule has 0 unspecified atom stereocenters. The van der Waals surface area contributed by atoms with Crippen LogP contribution in [-0.2, 0) is 6.18 Å². The van der Waals surface area contributed by atoms with Crippen molar-refractivity contribution < 1.29 is 18.0 Å². The molecule has 116 valence electrons. The zero-order chi connectivity index (χ0) is 15.6. The number of urea groups is 1. The molecule has 0 bridgehead atoms. The van der Waals surface area contributed by atoms with E-state index < -0.39 is 11.7 Å². The van der Waals surface area contributed by atoms with Crippen LogP contribution in [0.4, 0.5) is 23.8 Å². The second-order valence-electron chi connectivity index (χ2n) is 4.56. The van der Waals surface area contributed by atoms with Crippen molar-refractivity contribution in [2.75, 3.05) is 38.1 Å². The SMILES string of the molecule is CNC(=O)N1CCN(c2ncc(C(F)(F)F)cc2Cl)CC1. The fourth-order valence-corrected chi connectivity index (χ4v) is 2.38. The summed E-state index contributed by atoms with van der Waals surface area (Å²) in [7, 11) is 1.54. The average molecular weight is 323 g/mol. The van der Waals surface area contributed by atoms with Gasteiger partial charge in [-0.2, -0.15) is 13.2 Å². The fraction of sp³-hybridized carbons (Fsp3) is 0.500. The Morgan fingerprint density at radius 1 is 1.33 bits per heavy atom. The number of carbonyl (C=O) groups is 1. The van der Waals surface area contributed by atoms with Gasteiger partial charge in [-0.25, -0.2) is 9.78 Å². The first-order chi connectivity index (χ1) is 9.82. The van der Waals surface area contributed by atoms with Crippen LogP contribution < -0.4 is 10.2 Å². The molecular formula is C12H14ClF3N4O. The topological polar surface area (TPSA) is 48.5 Å². The highest BCUT2D eigenvalue weighted by atomic mass is 35.5. The van der Waals surface area contributed by atoms with Gasteiger partial charge in [-0.05, 0) is 6.07 Å². The predicted molar refractivity (Wildman–Crippen MR) is 72.5 cm³/mol. The van der Waals surface area contributed by atoms with Gasteiger partial charge < -0.3 is 15.1 Å². The third-order valence-electron chi connectivity index (χ3n) is 3.23. The minimum absolute atomic E-state index is 0.0433. The lowest BCUT2D eigenvalue weighted by Crippen LogP contribution is -2.51. The standard InChI is InChI=1S/C12H14ClF3N4O/c1-17-11(21)20-4-2-19(3-5-20)10-9(13)6-8(7-18-10)12(14,15)16/h6-7H,2-5H2,1H3,(H,17,21). The van der Waals surface area contributed by atoms with Gasteiger partial charge in [0.15, 0.2) is 0 Å². The molecule has 1 N–H and O–H groups in total. The van der Waals surface area contributed by atoms with E-state index in [4.69, 9.17) is 11.6 Å². The maximum absolute atomic E-state index is 12.6. The molecule has 2 heterocycles. The van der Waals surface area contributed by atoms with E-state index in [1.807, 2.05) is 0 Å². The van der Waals surface area contributed by atoms with Crippen LogP contribution in [0.1, 0.15) is 5.56 Å². The largest absolute Gasteiger partial charge is 0.417 e. The lowest BCUT2D eigenvalue weighted by Gasteiger charge is -2.35. The second kappa shape index (κ2) is 5.97. The van der Waals surface area contributed by atoms with Gasteiger partial charge in [-0.15, -0.1) is 0 Å². The van der Waals surface area contributed by atoms with Crippen LogP contribution in [-0.4, -0.2) is 49.1 Å². The zero-order valence-corrected chi connectivity index (χ0v) is 12.0. The van der Waals surface area contributed by atoms with Crippen molar-refractivity contribution in [2.45, 2.75) is 6.18 Å². The summed E-state index contributed by atoms with van der Waals surface area (Å²) in [5.74, 6) is 0.307. The van der Waals surface area contributed by atoms with Crippen molar-refractivity contribution in [3.8, 4) is 0 Å². The Morgan fingerprint density at radius 2 is 1.95 bits per heavy atom. The van der Waals surface area contributed by atoms with Crippen molar-refractivity contribution in [3.05, 3.63) is 22.8 Å². The molecule has 0 radical (unpaired) electrons. The number of hydrogen-bond acceptors (Lipinski definition) is 3. The number of alkyl halides is 3. The summed E-state index contributed by atoms with van der Waals surface area (Å²) in [6, 6.07) is 0.691. The molecule has 1 aromatic heterocycles. The molecule has 1 aliphatic rings. The van der Waals surface area contributed by atoms with E-state index in [-0.39, 0.29) is 11.1 Å². The van der Waals surface area contributed by atoms with Gasteiger partial charge in [0.25, 0.3) is 0 Å². The number of anilines is 1. The quantitative estimate of drug-likeness (QED) is 0.862. The van der Waals surface area contributed by atoms with Crippen LogP contribution in [0.5, 0.6) is 0 Å². The molecule has 2 amide bonds. The number of nitrogens with zero attached hydrogens (tertiary/aromatic N) is 3. The van der Waals surface area contributed by atoms with Gasteiger partial charge in [0.1, 0.15) is 5.82 Å². The Bertz CT molecular complexity index is 530. The third-order valence-corrected chi connectivity index (χ3v) is 3.51. The number of nitrogens with one attached hydrogen (secondary N) is 1. The molecule has 1 fully saturated rings. The maximum atomic E-state index is 12.6. The van der Waals surface area contributed by atoms with E-state index in [9.17, 15) is 18.0 Å². The summed E-state index contributed by atoms with van der Waals surface area (Å²) in [5, 5.41) is 2.48. The second-order valence-corrected chi connectivity index (χ2v) is 4.96. The van der Waals surface area contributed by atoms with E-state index in [2.05, 4.69) is 10.3 Å². The molecule has 1 aliphatic heterocycles. The first-order valence-corrected chi connectivity index (χ1v) is 6.65. The van der Waals surface area contributed by atoms with Gasteiger partial charge >= 0.3 is 12.2 Å². The molecule has 1 saturated heterocycles. The van der Waals surface area contributed by atoms with Crippen molar-refractivity contribution >= 4 is 23.4 Å². The number of amides is 2. The fourth-order valence-electron chi connectivity index (χ4n) is 2.10. The molecule has 0 aliphatic carbocycles. The number of halogens is 4. The van der Waals surface area contributed by atoms with Crippen LogP contribution in [0.2, 0.25) is 5.02 Å². The summed E-state index contributed by atoms with van der Waals surface area (Å²) in [6.45, 7) is 1.84. The van der Waals surface area contributed by atoms with E-state index in [1.165, 1.54) is 0 Å². The summed E-state index contributed by atoms with van der Waals surface area (Å²) in [4.78, 5) is 18.7. The number of aromatic nitrogens is 1. The maximum Gasteiger partial charge on any atom is 0.417 e. The minimum atomic E-state index is -4.47. The van der Waals surface area contributed by atoms with E-state index in [0.717, 1.165) is 12.3 Å². The molecule has 0 spiro atoms. The summed E-state index contributed by atoms with van der Waals surface area (Å²) < 4.78 is 37.7. The van der Waals surface area contributed by atoms with Crippen molar-refractivity contribution in [1.82, 2.24) is 15.2 Å². The highest BCUT2D eigenvalue weighted by Gasteiger charge is 2.32. The molecule has 9 heteroatoms. The highest BCUT2D eigenvalue weighted by molar-refractivity contribution is 6.33. The first-order valence-electron chi connectivity index (χ1n) is 6.27. The van der Waals surface area contributed by atoms with Gasteiger partial charge in [0, 0.05) is 39.4 Å². The summed E-state index contributed by atoms with van der Waals surface area (Å²) in [5.41, 5.74) is -0.875. The number of carbonyl (C=O) groups excluding carboxylic acids is 1. The Morgan fingerprint density at radius 3 is 2.43 bits per heavy atom. The Hall–Kier alpha value is -1.70. The van der Waals surface area contributed by atoms with Crippen LogP contribution in [0.15, 0.2) is 12.3 Å². The molecular weight excluding hydrogens is 309 g/mol. The van der Waals surface area contributed by atoms with Gasteiger partial charge in [0.2, 0.25) is 0 Å².